The Morgan fingerprint density at radius 2 is 2.30 bits per heavy atom. The van der Waals surface area contributed by atoms with Gasteiger partial charge in [0.2, 0.25) is 0 Å². The van der Waals surface area contributed by atoms with Gasteiger partial charge in [-0.05, 0) is 17.7 Å². The zero-order valence-electron chi connectivity index (χ0n) is 5.45. The van der Waals surface area contributed by atoms with Crippen LogP contribution in [0.15, 0.2) is 24.3 Å². The molecule has 0 spiro atoms. The van der Waals surface area contributed by atoms with Crippen LogP contribution in [0.4, 0.5) is 0 Å². The summed E-state index contributed by atoms with van der Waals surface area (Å²) < 4.78 is 0. The minimum atomic E-state index is 0.208. The monoisotopic (exact) mass is 136 g/mol. The van der Waals surface area contributed by atoms with Gasteiger partial charge >= 0.3 is 0 Å². The average molecular weight is 136 g/mol. The van der Waals surface area contributed by atoms with Crippen LogP contribution < -0.4 is 0 Å². The fourth-order valence-electron chi connectivity index (χ4n) is 0.780. The molecule has 2 nitrogen and oxygen atoms in total. The first-order valence-electron chi connectivity index (χ1n) is 3.04. The highest BCUT2D eigenvalue weighted by molar-refractivity contribution is 5.55. The molecule has 2 heteroatoms. The lowest BCUT2D eigenvalue weighted by Gasteiger charge is -1.93. The van der Waals surface area contributed by atoms with E-state index in [1.165, 1.54) is 0 Å². The van der Waals surface area contributed by atoms with Gasteiger partial charge in [-0.25, -0.2) is 0 Å². The van der Waals surface area contributed by atoms with Crippen molar-refractivity contribution in [2.24, 2.45) is 0 Å². The second kappa shape index (κ2) is 3.01. The molecule has 0 saturated carbocycles. The van der Waals surface area contributed by atoms with E-state index < -0.39 is 0 Å². The molecule has 0 aliphatic heterocycles. The fraction of sp³-hybridized carbons (Fsp3) is 0.125. The van der Waals surface area contributed by atoms with Gasteiger partial charge in [0, 0.05) is 6.42 Å². The Kier molecular flexibility index (Phi) is 2.05. The van der Waals surface area contributed by atoms with E-state index in [4.69, 9.17) is 5.11 Å². The number of carbonyl (C=O) groups excluding carboxylic acids is 1. The summed E-state index contributed by atoms with van der Waals surface area (Å²) in [5.74, 6) is 0.208. The van der Waals surface area contributed by atoms with Crippen molar-refractivity contribution in [2.75, 3.05) is 0 Å². The molecule has 0 saturated heterocycles. The Morgan fingerprint density at radius 1 is 1.50 bits per heavy atom. The minimum Gasteiger partial charge on any atom is -0.508 e. The van der Waals surface area contributed by atoms with Crippen LogP contribution in [0.3, 0.4) is 0 Å². The van der Waals surface area contributed by atoms with E-state index in [1.54, 1.807) is 24.3 Å². The Balaban J connectivity index is 2.84. The largest absolute Gasteiger partial charge is 0.508 e. The summed E-state index contributed by atoms with van der Waals surface area (Å²) in [6.45, 7) is 0. The number of hydrogen-bond donors (Lipinski definition) is 1. The average Bonchev–Trinajstić information content (AvgIpc) is 1.88. The highest BCUT2D eigenvalue weighted by atomic mass is 16.3. The molecule has 1 aromatic rings. The van der Waals surface area contributed by atoms with Crippen LogP contribution in [0.5, 0.6) is 5.75 Å². The summed E-state index contributed by atoms with van der Waals surface area (Å²) >= 11 is 0. The van der Waals surface area contributed by atoms with E-state index >= 15 is 0 Å². The van der Waals surface area contributed by atoms with Gasteiger partial charge in [-0.15, -0.1) is 0 Å². The highest BCUT2D eigenvalue weighted by Crippen LogP contribution is 2.10. The molecule has 1 N–H and O–H groups in total. The van der Waals surface area contributed by atoms with Crippen molar-refractivity contribution in [3.8, 4) is 5.75 Å². The third-order valence-electron chi connectivity index (χ3n) is 1.23. The maximum absolute atomic E-state index is 10.0. The second-order valence-electron chi connectivity index (χ2n) is 2.04. The van der Waals surface area contributed by atoms with Gasteiger partial charge in [0.15, 0.2) is 0 Å². The van der Waals surface area contributed by atoms with E-state index in [0.717, 1.165) is 11.8 Å². The predicted octanol–water partition coefficient (Wildman–Crippen LogP) is 1.13. The van der Waals surface area contributed by atoms with Crippen LogP contribution in [-0.4, -0.2) is 11.4 Å². The molecule has 0 amide bonds. The van der Waals surface area contributed by atoms with E-state index in [-0.39, 0.29) is 5.75 Å². The molecule has 0 heterocycles. The van der Waals surface area contributed by atoms with Gasteiger partial charge in [0.25, 0.3) is 0 Å². The Bertz CT molecular complexity index is 230. The van der Waals surface area contributed by atoms with Crippen molar-refractivity contribution in [3.63, 3.8) is 0 Å². The number of aromatic hydroxyl groups is 1. The molecule has 52 valence electrons. The molecule has 0 aliphatic carbocycles. The first-order valence-corrected chi connectivity index (χ1v) is 3.04. The Hall–Kier alpha value is -1.31. The van der Waals surface area contributed by atoms with Crippen molar-refractivity contribution in [1.82, 2.24) is 0 Å². The van der Waals surface area contributed by atoms with Gasteiger partial charge < -0.3 is 9.90 Å². The molecule has 0 unspecified atom stereocenters. The number of carbonyl (C=O) groups is 1. The normalized spacial score (nSPS) is 9.20. The van der Waals surface area contributed by atoms with E-state index in [0.29, 0.717) is 6.42 Å². The van der Waals surface area contributed by atoms with Crippen molar-refractivity contribution in [3.05, 3.63) is 29.8 Å². The molecule has 0 aromatic heterocycles. The van der Waals surface area contributed by atoms with Crippen LogP contribution in [0.25, 0.3) is 0 Å². The molecule has 1 rings (SSSR count). The first-order chi connectivity index (χ1) is 4.83. The molecule has 0 atom stereocenters. The standard InChI is InChI=1S/C8H8O2/c9-5-4-7-2-1-3-8(10)6-7/h1-3,5-6,10H,4H2. The third kappa shape index (κ3) is 1.58. The molecular weight excluding hydrogens is 128 g/mol. The zero-order chi connectivity index (χ0) is 7.40. The Morgan fingerprint density at radius 3 is 2.90 bits per heavy atom. The number of hydrogen-bond acceptors (Lipinski definition) is 2. The molecule has 0 aliphatic rings. The lowest BCUT2D eigenvalue weighted by atomic mass is 10.2. The fourth-order valence-corrected chi connectivity index (χ4v) is 0.780. The number of aldehydes is 1. The van der Waals surface area contributed by atoms with Gasteiger partial charge in [0.1, 0.15) is 12.0 Å². The van der Waals surface area contributed by atoms with Gasteiger partial charge in [-0.2, -0.15) is 0 Å². The minimum absolute atomic E-state index is 0.208. The zero-order valence-corrected chi connectivity index (χ0v) is 5.45. The van der Waals surface area contributed by atoms with Crippen LogP contribution in [-0.2, 0) is 11.2 Å². The van der Waals surface area contributed by atoms with Crippen molar-refractivity contribution < 1.29 is 9.90 Å². The summed E-state index contributed by atoms with van der Waals surface area (Å²) in [6, 6.07) is 6.67. The first kappa shape index (κ1) is 6.81. The second-order valence-corrected chi connectivity index (χ2v) is 2.04. The van der Waals surface area contributed by atoms with Gasteiger partial charge in [0.05, 0.1) is 0 Å². The predicted molar refractivity (Wildman–Crippen MR) is 37.9 cm³/mol. The molecular formula is C8H8O2. The summed E-state index contributed by atoms with van der Waals surface area (Å²) in [5, 5.41) is 8.92. The summed E-state index contributed by atoms with van der Waals surface area (Å²) in [5.41, 5.74) is 0.843. The Labute approximate surface area is 59.1 Å². The maximum Gasteiger partial charge on any atom is 0.124 e. The van der Waals surface area contributed by atoms with Crippen LogP contribution in [0, 0.1) is 0 Å². The summed E-state index contributed by atoms with van der Waals surface area (Å²) in [6.07, 6.45) is 1.18. The van der Waals surface area contributed by atoms with Crippen LogP contribution in [0.1, 0.15) is 5.56 Å². The lowest BCUT2D eigenvalue weighted by Crippen LogP contribution is -1.83. The lowest BCUT2D eigenvalue weighted by molar-refractivity contribution is -0.107. The van der Waals surface area contributed by atoms with Crippen LogP contribution in [0.2, 0.25) is 0 Å². The number of benzene rings is 1. The molecule has 10 heavy (non-hydrogen) atoms. The van der Waals surface area contributed by atoms with Crippen molar-refractivity contribution in [2.45, 2.75) is 6.42 Å². The van der Waals surface area contributed by atoms with E-state index in [9.17, 15) is 4.79 Å². The van der Waals surface area contributed by atoms with Crippen molar-refractivity contribution >= 4 is 6.29 Å². The van der Waals surface area contributed by atoms with Crippen molar-refractivity contribution in [1.29, 1.82) is 0 Å². The van der Waals surface area contributed by atoms with E-state index in [1.807, 2.05) is 0 Å². The van der Waals surface area contributed by atoms with Gasteiger partial charge in [-0.1, -0.05) is 12.1 Å². The molecule has 0 bridgehead atoms. The quantitative estimate of drug-likeness (QED) is 0.619. The third-order valence-corrected chi connectivity index (χ3v) is 1.23. The number of rotatable bonds is 2. The summed E-state index contributed by atoms with van der Waals surface area (Å²) in [4.78, 5) is 10.0. The topological polar surface area (TPSA) is 37.3 Å². The van der Waals surface area contributed by atoms with E-state index in [2.05, 4.69) is 0 Å². The number of phenolic OH excluding ortho intramolecular Hbond substituents is 1. The molecule has 0 radical (unpaired) electrons. The number of phenols is 1. The maximum atomic E-state index is 10.0. The van der Waals surface area contributed by atoms with Gasteiger partial charge in [-0.3, -0.25) is 0 Å². The SMILES string of the molecule is O=CCc1cccc(O)c1. The summed E-state index contributed by atoms with van der Waals surface area (Å²) in [7, 11) is 0. The smallest absolute Gasteiger partial charge is 0.124 e. The van der Waals surface area contributed by atoms with Crippen LogP contribution >= 0.6 is 0 Å². The molecule has 0 fully saturated rings. The highest BCUT2D eigenvalue weighted by Gasteiger charge is 1.90. The molecule has 1 aromatic carbocycles.